The number of hydrogen-bond donors (Lipinski definition) is 1. The number of carbonyl (C=O) groups is 2. The summed E-state index contributed by atoms with van der Waals surface area (Å²) < 4.78 is 20.9. The first-order chi connectivity index (χ1) is 17.8. The maximum atomic E-state index is 13.7. The van der Waals surface area contributed by atoms with Crippen LogP contribution in [0.3, 0.4) is 0 Å². The lowest BCUT2D eigenvalue weighted by atomic mass is 10.1. The van der Waals surface area contributed by atoms with Crippen LogP contribution in [-0.2, 0) is 13.1 Å². The van der Waals surface area contributed by atoms with Gasteiger partial charge in [0, 0.05) is 31.9 Å². The Balaban J connectivity index is 1.55. The van der Waals surface area contributed by atoms with Crippen molar-refractivity contribution in [1.29, 1.82) is 0 Å². The van der Waals surface area contributed by atoms with E-state index < -0.39 is 11.3 Å². The molecule has 0 aliphatic carbocycles. The van der Waals surface area contributed by atoms with Gasteiger partial charge in [-0.05, 0) is 50.1 Å². The number of ether oxygens (including phenoxy) is 1. The summed E-state index contributed by atoms with van der Waals surface area (Å²) in [7, 11) is 0. The number of fused-ring (bicyclic) bond motifs is 2. The summed E-state index contributed by atoms with van der Waals surface area (Å²) in [6.45, 7) is 6.15. The Bertz CT molecular complexity index is 1370. The average molecular weight is 505 g/mol. The maximum Gasteiger partial charge on any atom is 0.275 e. The second kappa shape index (κ2) is 10.2. The van der Waals surface area contributed by atoms with Gasteiger partial charge in [0.25, 0.3) is 11.8 Å². The highest BCUT2D eigenvalue weighted by Gasteiger charge is 2.41. The lowest BCUT2D eigenvalue weighted by Crippen LogP contribution is -2.62. The normalized spacial score (nSPS) is 17.4. The summed E-state index contributed by atoms with van der Waals surface area (Å²) in [6.07, 6.45) is 2.11. The van der Waals surface area contributed by atoms with E-state index >= 15 is 0 Å². The SMILES string of the molecule is CC(C)N1CCCN2C(=O)c3c(Oc4ccccc4)c(=O)c(C(=O)NCc4ccc(F)cc4)cn3CC21. The Hall–Kier alpha value is -3.98. The zero-order chi connectivity index (χ0) is 26.1. The Morgan fingerprint density at radius 1 is 1.08 bits per heavy atom. The highest BCUT2D eigenvalue weighted by atomic mass is 19.1. The van der Waals surface area contributed by atoms with Crippen molar-refractivity contribution in [2.24, 2.45) is 0 Å². The predicted octanol–water partition coefficient (Wildman–Crippen LogP) is 3.61. The van der Waals surface area contributed by atoms with Gasteiger partial charge in [-0.15, -0.1) is 0 Å². The minimum atomic E-state index is -0.656. The molecule has 1 N–H and O–H groups in total. The van der Waals surface area contributed by atoms with E-state index in [0.29, 0.717) is 24.4 Å². The molecule has 9 heteroatoms. The van der Waals surface area contributed by atoms with Crippen LogP contribution in [0, 0.1) is 5.82 Å². The molecule has 8 nitrogen and oxygen atoms in total. The molecule has 0 spiro atoms. The number of halogens is 1. The van der Waals surface area contributed by atoms with Crippen LogP contribution < -0.4 is 15.5 Å². The van der Waals surface area contributed by atoms with Crippen LogP contribution in [0.4, 0.5) is 4.39 Å². The van der Waals surface area contributed by atoms with E-state index in [1.54, 1.807) is 45.9 Å². The van der Waals surface area contributed by atoms with Gasteiger partial charge in [0.2, 0.25) is 11.2 Å². The molecule has 3 aromatic rings. The second-order valence-electron chi connectivity index (χ2n) is 9.59. The quantitative estimate of drug-likeness (QED) is 0.555. The van der Waals surface area contributed by atoms with Crippen LogP contribution in [0.1, 0.15) is 46.7 Å². The van der Waals surface area contributed by atoms with Gasteiger partial charge in [0.1, 0.15) is 23.3 Å². The van der Waals surface area contributed by atoms with Crippen molar-refractivity contribution >= 4 is 11.8 Å². The van der Waals surface area contributed by atoms with E-state index in [0.717, 1.165) is 13.0 Å². The first-order valence-corrected chi connectivity index (χ1v) is 12.4. The molecule has 2 aliphatic rings. The molecular formula is C28H29FN4O4. The summed E-state index contributed by atoms with van der Waals surface area (Å²) >= 11 is 0. The smallest absolute Gasteiger partial charge is 0.275 e. The molecule has 192 valence electrons. The summed E-state index contributed by atoms with van der Waals surface area (Å²) in [6, 6.07) is 14.7. The van der Waals surface area contributed by atoms with Crippen LogP contribution in [0.5, 0.6) is 11.5 Å². The number of pyridine rings is 1. The van der Waals surface area contributed by atoms with Crippen molar-refractivity contribution in [3.8, 4) is 11.5 Å². The van der Waals surface area contributed by atoms with Crippen molar-refractivity contribution in [1.82, 2.24) is 19.7 Å². The van der Waals surface area contributed by atoms with Gasteiger partial charge in [-0.25, -0.2) is 4.39 Å². The number of aromatic nitrogens is 1. The third-order valence-corrected chi connectivity index (χ3v) is 6.86. The molecule has 2 aliphatic heterocycles. The topological polar surface area (TPSA) is 83.9 Å². The average Bonchev–Trinajstić information content (AvgIpc) is 2.90. The van der Waals surface area contributed by atoms with Crippen molar-refractivity contribution < 1.29 is 18.7 Å². The van der Waals surface area contributed by atoms with E-state index in [1.165, 1.54) is 18.3 Å². The molecule has 0 bridgehead atoms. The number of nitrogens with one attached hydrogen (secondary N) is 1. The van der Waals surface area contributed by atoms with Crippen molar-refractivity contribution in [2.45, 2.75) is 45.6 Å². The molecular weight excluding hydrogens is 475 g/mol. The molecule has 0 saturated carbocycles. The van der Waals surface area contributed by atoms with Gasteiger partial charge in [0.05, 0.1) is 6.54 Å². The Kier molecular flexibility index (Phi) is 6.80. The third-order valence-electron chi connectivity index (χ3n) is 6.86. The summed E-state index contributed by atoms with van der Waals surface area (Å²) in [5.41, 5.74) is 0.0566. The Labute approximate surface area is 214 Å². The van der Waals surface area contributed by atoms with Gasteiger partial charge in [-0.1, -0.05) is 30.3 Å². The molecule has 1 saturated heterocycles. The number of nitrogens with zero attached hydrogens (tertiary/aromatic N) is 3. The van der Waals surface area contributed by atoms with Crippen LogP contribution in [0.25, 0.3) is 0 Å². The van der Waals surface area contributed by atoms with Gasteiger partial charge in [0.15, 0.2) is 5.69 Å². The minimum absolute atomic E-state index is 0.117. The summed E-state index contributed by atoms with van der Waals surface area (Å²) in [5, 5.41) is 2.73. The maximum absolute atomic E-state index is 13.7. The number of para-hydroxylation sites is 1. The standard InChI is InChI=1S/C28H29FN4O4/c1-18(2)32-13-6-14-33-23(32)17-31-16-22(27(35)30-15-19-9-11-20(29)12-10-19)25(34)26(24(31)28(33)36)37-21-7-4-3-5-8-21/h3-5,7-12,16,18,23H,6,13-15,17H2,1-2H3,(H,30,35). The second-order valence-corrected chi connectivity index (χ2v) is 9.59. The van der Waals surface area contributed by atoms with Crippen molar-refractivity contribution in [3.63, 3.8) is 0 Å². The van der Waals surface area contributed by atoms with E-state index in [9.17, 15) is 18.8 Å². The minimum Gasteiger partial charge on any atom is -0.451 e. The number of hydrogen-bond acceptors (Lipinski definition) is 5. The molecule has 1 fully saturated rings. The van der Waals surface area contributed by atoms with Crippen molar-refractivity contribution in [3.05, 3.63) is 93.7 Å². The molecule has 3 heterocycles. The lowest BCUT2D eigenvalue weighted by molar-refractivity contribution is -0.0237. The van der Waals surface area contributed by atoms with Gasteiger partial charge in [-0.3, -0.25) is 19.3 Å². The number of amides is 2. The number of benzene rings is 2. The Morgan fingerprint density at radius 3 is 2.51 bits per heavy atom. The molecule has 1 unspecified atom stereocenters. The first-order valence-electron chi connectivity index (χ1n) is 12.4. The van der Waals surface area contributed by atoms with Gasteiger partial charge < -0.3 is 19.5 Å². The highest BCUT2D eigenvalue weighted by Crippen LogP contribution is 2.31. The van der Waals surface area contributed by atoms with E-state index in [4.69, 9.17) is 4.74 Å². The third kappa shape index (κ3) is 4.86. The fourth-order valence-corrected chi connectivity index (χ4v) is 5.00. The van der Waals surface area contributed by atoms with Crippen molar-refractivity contribution in [2.75, 3.05) is 13.1 Å². The molecule has 37 heavy (non-hydrogen) atoms. The monoisotopic (exact) mass is 504 g/mol. The zero-order valence-electron chi connectivity index (χ0n) is 20.8. The largest absolute Gasteiger partial charge is 0.451 e. The van der Waals surface area contributed by atoms with Crippen LogP contribution in [0.2, 0.25) is 0 Å². The van der Waals surface area contributed by atoms with Crippen LogP contribution >= 0.6 is 0 Å². The van der Waals surface area contributed by atoms with Gasteiger partial charge >= 0.3 is 0 Å². The highest BCUT2D eigenvalue weighted by molar-refractivity contribution is 5.99. The molecule has 0 radical (unpaired) electrons. The predicted molar refractivity (Wildman–Crippen MR) is 136 cm³/mol. The molecule has 5 rings (SSSR count). The first kappa shape index (κ1) is 24.7. The summed E-state index contributed by atoms with van der Waals surface area (Å²) in [4.78, 5) is 44.5. The Morgan fingerprint density at radius 2 is 1.81 bits per heavy atom. The fraction of sp³-hybridized carbons (Fsp3) is 0.321. The van der Waals surface area contributed by atoms with E-state index in [1.807, 2.05) is 6.07 Å². The lowest BCUT2D eigenvalue weighted by Gasteiger charge is -2.48. The van der Waals surface area contributed by atoms with Crippen LogP contribution in [0.15, 0.2) is 65.6 Å². The fourth-order valence-electron chi connectivity index (χ4n) is 5.00. The van der Waals surface area contributed by atoms with Crippen LogP contribution in [-0.4, -0.2) is 51.5 Å². The number of rotatable bonds is 6. The zero-order valence-corrected chi connectivity index (χ0v) is 20.8. The van der Waals surface area contributed by atoms with E-state index in [-0.39, 0.29) is 47.5 Å². The van der Waals surface area contributed by atoms with Gasteiger partial charge in [-0.2, -0.15) is 0 Å². The van der Waals surface area contributed by atoms with E-state index in [2.05, 4.69) is 24.1 Å². The molecule has 2 amide bonds. The summed E-state index contributed by atoms with van der Waals surface area (Å²) in [5.74, 6) is -1.03. The molecule has 1 aromatic heterocycles. The molecule has 2 aromatic carbocycles. The molecule has 1 atom stereocenters. The number of carbonyl (C=O) groups excluding carboxylic acids is 2.